The van der Waals surface area contributed by atoms with Crippen LogP contribution in [0.4, 0.5) is 18.0 Å². The van der Waals surface area contributed by atoms with Crippen LogP contribution in [0.2, 0.25) is 0 Å². The second-order valence-corrected chi connectivity index (χ2v) is 6.80. The van der Waals surface area contributed by atoms with Crippen LogP contribution in [0.5, 0.6) is 0 Å². The molecule has 1 aliphatic rings. The molecule has 1 fully saturated rings. The van der Waals surface area contributed by atoms with Crippen molar-refractivity contribution in [2.24, 2.45) is 5.92 Å². The topological polar surface area (TPSA) is 56.9 Å². The molecule has 4 rings (SSSR count). The van der Waals surface area contributed by atoms with Gasteiger partial charge in [0.1, 0.15) is 17.5 Å². The van der Waals surface area contributed by atoms with Gasteiger partial charge in [-0.05, 0) is 60.7 Å². The third-order valence-corrected chi connectivity index (χ3v) is 4.80. The highest BCUT2D eigenvalue weighted by atomic mass is 19.1. The van der Waals surface area contributed by atoms with E-state index < -0.39 is 11.6 Å². The van der Waals surface area contributed by atoms with Crippen molar-refractivity contribution < 1.29 is 18.0 Å². The first-order valence-electron chi connectivity index (χ1n) is 9.15. The Hall–Kier alpha value is -2.96. The van der Waals surface area contributed by atoms with Gasteiger partial charge >= 0.3 is 6.03 Å². The second-order valence-electron chi connectivity index (χ2n) is 6.80. The molecular weight excluding hydrogens is 367 g/mol. The van der Waals surface area contributed by atoms with E-state index in [2.05, 4.69) is 15.6 Å². The number of nitrogens with one attached hydrogen (secondary N) is 3. The number of H-pyrrole nitrogens is 1. The highest BCUT2D eigenvalue weighted by Gasteiger charge is 2.17. The van der Waals surface area contributed by atoms with Crippen molar-refractivity contribution in [3.63, 3.8) is 0 Å². The molecular formula is C21H22F3N3O. The molecule has 4 nitrogen and oxygen atoms in total. The molecule has 0 bridgehead atoms. The summed E-state index contributed by atoms with van der Waals surface area (Å²) in [7, 11) is 1.64. The van der Waals surface area contributed by atoms with E-state index >= 15 is 0 Å². The summed E-state index contributed by atoms with van der Waals surface area (Å²) in [5.74, 6) is -0.854. The van der Waals surface area contributed by atoms with E-state index in [1.165, 1.54) is 37.5 Å². The Morgan fingerprint density at radius 1 is 1.07 bits per heavy atom. The summed E-state index contributed by atoms with van der Waals surface area (Å²) >= 11 is 0. The summed E-state index contributed by atoms with van der Waals surface area (Å²) in [4.78, 5) is 13.5. The van der Waals surface area contributed by atoms with E-state index in [1.807, 2.05) is 0 Å². The van der Waals surface area contributed by atoms with Crippen LogP contribution in [0, 0.1) is 23.4 Å². The van der Waals surface area contributed by atoms with Gasteiger partial charge in [0.05, 0.1) is 5.52 Å². The number of urea groups is 1. The Balaban J connectivity index is 0.000000192. The molecule has 1 saturated carbocycles. The maximum absolute atomic E-state index is 13.5. The summed E-state index contributed by atoms with van der Waals surface area (Å²) < 4.78 is 39.4. The lowest BCUT2D eigenvalue weighted by atomic mass is 9.85. The number of halogens is 3. The maximum atomic E-state index is 13.5. The summed E-state index contributed by atoms with van der Waals surface area (Å²) in [5, 5.41) is 5.75. The average Bonchev–Trinajstić information content (AvgIpc) is 3.05. The minimum atomic E-state index is -0.640. The molecule has 3 aromatic rings. The highest BCUT2D eigenvalue weighted by molar-refractivity contribution is 5.86. The predicted molar refractivity (Wildman–Crippen MR) is 103 cm³/mol. The van der Waals surface area contributed by atoms with Gasteiger partial charge in [-0.1, -0.05) is 6.42 Å². The summed E-state index contributed by atoms with van der Waals surface area (Å²) in [6, 6.07) is 9.44. The molecule has 1 aliphatic carbocycles. The molecule has 1 aromatic heterocycles. The number of hydrogen-bond donors (Lipinski definition) is 3. The van der Waals surface area contributed by atoms with Crippen molar-refractivity contribution in [3.05, 3.63) is 59.9 Å². The second kappa shape index (κ2) is 8.82. The summed E-state index contributed by atoms with van der Waals surface area (Å²) in [6.45, 7) is 0.847. The van der Waals surface area contributed by atoms with Gasteiger partial charge in [-0.2, -0.15) is 0 Å². The summed E-state index contributed by atoms with van der Waals surface area (Å²) in [6.07, 6.45) is 3.90. The van der Waals surface area contributed by atoms with Crippen LogP contribution in [-0.2, 0) is 0 Å². The van der Waals surface area contributed by atoms with E-state index in [9.17, 15) is 18.0 Å². The molecule has 0 aliphatic heterocycles. The van der Waals surface area contributed by atoms with Gasteiger partial charge < -0.3 is 15.6 Å². The molecule has 3 N–H and O–H groups in total. The molecule has 0 radical (unpaired) electrons. The Bertz CT molecular complexity index is 949. The lowest BCUT2D eigenvalue weighted by Crippen LogP contribution is -2.37. The van der Waals surface area contributed by atoms with Gasteiger partial charge in [0.2, 0.25) is 0 Å². The molecule has 0 unspecified atom stereocenters. The molecule has 7 heteroatoms. The number of amides is 2. The number of aromatic nitrogens is 1. The summed E-state index contributed by atoms with van der Waals surface area (Å²) in [5.41, 5.74) is 1.58. The lowest BCUT2D eigenvalue weighted by molar-refractivity contribution is 0.234. The third-order valence-electron chi connectivity index (χ3n) is 4.80. The molecule has 1 heterocycles. The fraction of sp³-hybridized carbons (Fsp3) is 0.286. The van der Waals surface area contributed by atoms with Crippen molar-refractivity contribution in [3.8, 4) is 11.3 Å². The minimum absolute atomic E-state index is 0.0631. The Labute approximate surface area is 161 Å². The third kappa shape index (κ3) is 4.85. The van der Waals surface area contributed by atoms with Crippen molar-refractivity contribution >= 4 is 16.9 Å². The lowest BCUT2D eigenvalue weighted by Gasteiger charge is -2.25. The Kier molecular flexibility index (Phi) is 6.23. The molecule has 2 amide bonds. The largest absolute Gasteiger partial charge is 0.352 e. The minimum Gasteiger partial charge on any atom is -0.352 e. The molecule has 0 spiro atoms. The predicted octanol–water partition coefficient (Wildman–Crippen LogP) is 4.97. The fourth-order valence-corrected chi connectivity index (χ4v) is 2.97. The number of benzene rings is 2. The van der Waals surface area contributed by atoms with Crippen molar-refractivity contribution in [1.29, 1.82) is 0 Å². The Morgan fingerprint density at radius 2 is 1.79 bits per heavy atom. The van der Waals surface area contributed by atoms with Crippen LogP contribution in [-0.4, -0.2) is 24.6 Å². The fourth-order valence-electron chi connectivity index (χ4n) is 2.97. The zero-order valence-electron chi connectivity index (χ0n) is 15.5. The first kappa shape index (κ1) is 19.8. The average molecular weight is 389 g/mol. The van der Waals surface area contributed by atoms with Gasteiger partial charge in [-0.25, -0.2) is 18.0 Å². The van der Waals surface area contributed by atoms with Crippen LogP contribution in [0.1, 0.15) is 19.3 Å². The van der Waals surface area contributed by atoms with Crippen LogP contribution >= 0.6 is 0 Å². The zero-order valence-corrected chi connectivity index (χ0v) is 15.5. The number of rotatable bonds is 3. The Morgan fingerprint density at radius 3 is 2.39 bits per heavy atom. The number of hydrogen-bond acceptors (Lipinski definition) is 1. The van der Waals surface area contributed by atoms with Crippen LogP contribution in [0.15, 0.2) is 42.5 Å². The maximum Gasteiger partial charge on any atom is 0.314 e. The van der Waals surface area contributed by atoms with E-state index in [-0.39, 0.29) is 17.4 Å². The smallest absolute Gasteiger partial charge is 0.314 e. The molecule has 2 aromatic carbocycles. The van der Waals surface area contributed by atoms with Crippen molar-refractivity contribution in [1.82, 2.24) is 15.6 Å². The van der Waals surface area contributed by atoms with E-state index in [0.717, 1.165) is 18.5 Å². The number of carbonyl (C=O) groups excluding carboxylic acids is 1. The van der Waals surface area contributed by atoms with Crippen molar-refractivity contribution in [2.45, 2.75) is 19.3 Å². The highest BCUT2D eigenvalue weighted by Crippen LogP contribution is 2.27. The normalized spacial score (nSPS) is 13.4. The molecule has 0 saturated heterocycles. The first-order chi connectivity index (χ1) is 13.5. The first-order valence-corrected chi connectivity index (χ1v) is 9.15. The van der Waals surface area contributed by atoms with Crippen LogP contribution in [0.3, 0.4) is 0 Å². The van der Waals surface area contributed by atoms with Crippen LogP contribution in [0.25, 0.3) is 22.2 Å². The van der Waals surface area contributed by atoms with Gasteiger partial charge in [-0.3, -0.25) is 0 Å². The monoisotopic (exact) mass is 389 g/mol. The van der Waals surface area contributed by atoms with E-state index in [4.69, 9.17) is 0 Å². The standard InChI is InChI=1S/C14H8F3N.C7H14N2O/c15-10-3-1-8(2-4-10)13-6-9-5-11(16)7-12(17)14(9)18-13;1-8-7(10)9-5-6-3-2-4-6/h1-7,18H;6H,2-5H2,1H3,(H2,8,9,10). The van der Waals surface area contributed by atoms with Gasteiger partial charge in [0, 0.05) is 30.7 Å². The van der Waals surface area contributed by atoms with Gasteiger partial charge in [-0.15, -0.1) is 0 Å². The van der Waals surface area contributed by atoms with E-state index in [1.54, 1.807) is 25.2 Å². The molecule has 148 valence electrons. The number of carbonyl (C=O) groups is 1. The SMILES string of the molecule is CNC(=O)NCC1CCC1.Fc1ccc(-c2cc3cc(F)cc(F)c3[nH]2)cc1. The van der Waals surface area contributed by atoms with E-state index in [0.29, 0.717) is 16.6 Å². The quantitative estimate of drug-likeness (QED) is 0.582. The number of aromatic amines is 1. The molecule has 0 atom stereocenters. The molecule has 28 heavy (non-hydrogen) atoms. The van der Waals surface area contributed by atoms with Gasteiger partial charge in [0.15, 0.2) is 0 Å². The van der Waals surface area contributed by atoms with Crippen molar-refractivity contribution in [2.75, 3.05) is 13.6 Å². The van der Waals surface area contributed by atoms with Crippen LogP contribution < -0.4 is 10.6 Å². The van der Waals surface area contributed by atoms with Gasteiger partial charge in [0.25, 0.3) is 0 Å². The zero-order chi connectivity index (χ0) is 20.1. The number of fused-ring (bicyclic) bond motifs is 1.